The highest BCUT2D eigenvalue weighted by molar-refractivity contribution is 7.76. The van der Waals surface area contributed by atoms with Crippen molar-refractivity contribution in [2.24, 2.45) is 5.92 Å². The second-order valence-corrected chi connectivity index (χ2v) is 17.2. The van der Waals surface area contributed by atoms with E-state index in [0.717, 1.165) is 54.7 Å². The molecule has 0 radical (unpaired) electrons. The van der Waals surface area contributed by atoms with Gasteiger partial charge in [0.25, 0.3) is 5.91 Å². The Hall–Kier alpha value is -5.22. The van der Waals surface area contributed by atoms with E-state index in [-0.39, 0.29) is 54.4 Å². The second kappa shape index (κ2) is 18.2. The molecule has 4 aromatic carbocycles. The van der Waals surface area contributed by atoms with Crippen LogP contribution in [0, 0.1) is 5.92 Å². The number of esters is 1. The van der Waals surface area contributed by atoms with Gasteiger partial charge in [-0.15, -0.1) is 0 Å². The fourth-order valence-electron chi connectivity index (χ4n) is 9.03. The predicted molar refractivity (Wildman–Crippen MR) is 226 cm³/mol. The highest BCUT2D eigenvalue weighted by Crippen LogP contribution is 2.39. The Labute approximate surface area is 351 Å². The third-order valence-corrected chi connectivity index (χ3v) is 13.2. The fraction of sp³-hybridized carbons (Fsp3) is 0.370. The van der Waals surface area contributed by atoms with Crippen molar-refractivity contribution in [3.05, 3.63) is 147 Å². The predicted octanol–water partition coefficient (Wildman–Crippen LogP) is 4.66. The number of phenols is 1. The maximum absolute atomic E-state index is 14.0. The number of ether oxygens (including phenoxy) is 1. The monoisotopic (exact) mass is 832 g/mol. The van der Waals surface area contributed by atoms with Gasteiger partial charge in [-0.05, 0) is 96.8 Å². The first-order chi connectivity index (χ1) is 29.1. The Bertz CT molecular complexity index is 2380. The molecule has 60 heavy (non-hydrogen) atoms. The number of pyridine rings is 1. The summed E-state index contributed by atoms with van der Waals surface area (Å²) in [5.41, 5.74) is 3.57. The summed E-state index contributed by atoms with van der Waals surface area (Å²) >= 11 is -2.51. The number of rotatable bonds is 14. The van der Waals surface area contributed by atoms with Gasteiger partial charge in [0.1, 0.15) is 11.9 Å². The molecule has 9 rings (SSSR count). The molecule has 14 heteroatoms. The molecule has 5 heterocycles. The van der Waals surface area contributed by atoms with Crippen LogP contribution in [0.1, 0.15) is 70.0 Å². The number of aliphatic hydroxyl groups excluding tert-OH is 1. The van der Waals surface area contributed by atoms with Crippen LogP contribution in [0.2, 0.25) is 0 Å². The molecule has 1 aromatic heterocycles. The number of aromatic amines is 1. The zero-order chi connectivity index (χ0) is 41.8. The van der Waals surface area contributed by atoms with Gasteiger partial charge in [0.05, 0.1) is 17.0 Å². The number of aromatic hydroxyl groups is 1. The minimum absolute atomic E-state index is 0.0724. The molecule has 4 N–H and O–H groups in total. The minimum Gasteiger partial charge on any atom is -0.760 e. The maximum atomic E-state index is 14.0. The summed E-state index contributed by atoms with van der Waals surface area (Å²) in [7, 11) is 0. The molecule has 1 unspecified atom stereocenters. The van der Waals surface area contributed by atoms with Crippen LogP contribution in [-0.2, 0) is 45.8 Å². The summed E-state index contributed by atoms with van der Waals surface area (Å²) in [5.74, 6) is 0.0153. The average molecular weight is 833 g/mol. The lowest BCUT2D eigenvalue weighted by molar-refractivity contribution is -0.167. The molecular formula is C46H50N5O8S-. The van der Waals surface area contributed by atoms with Crippen LogP contribution in [0.15, 0.2) is 108 Å². The molecule has 4 fully saturated rings. The van der Waals surface area contributed by atoms with Crippen LogP contribution < -0.4 is 10.9 Å². The lowest BCUT2D eigenvalue weighted by Gasteiger charge is -2.46. The number of piperidine rings is 4. The van der Waals surface area contributed by atoms with E-state index in [1.54, 1.807) is 41.3 Å². The normalized spacial score (nSPS) is 20.9. The molecule has 2 bridgehead atoms. The van der Waals surface area contributed by atoms with Gasteiger partial charge in [0.15, 0.2) is 0 Å². The molecule has 13 nitrogen and oxygen atoms in total. The van der Waals surface area contributed by atoms with Gasteiger partial charge >= 0.3 is 5.97 Å². The molecule has 3 atom stereocenters. The van der Waals surface area contributed by atoms with E-state index in [0.29, 0.717) is 54.9 Å². The number of H-pyrrole nitrogens is 1. The number of likely N-dealkylation sites (tertiary alicyclic amines) is 1. The topological polar surface area (TPSA) is 179 Å². The number of aromatic nitrogens is 1. The van der Waals surface area contributed by atoms with Crippen molar-refractivity contribution in [1.29, 1.82) is 0 Å². The van der Waals surface area contributed by atoms with Crippen LogP contribution in [0.25, 0.3) is 10.9 Å². The number of phenolic OH excluding ortho intramolecular Hbond substituents is 1. The fourth-order valence-corrected chi connectivity index (χ4v) is 9.54. The van der Waals surface area contributed by atoms with Crippen LogP contribution in [0.5, 0.6) is 5.75 Å². The van der Waals surface area contributed by atoms with Crippen molar-refractivity contribution in [2.75, 3.05) is 39.3 Å². The zero-order valence-electron chi connectivity index (χ0n) is 33.3. The number of carbonyl (C=O) groups excluding carboxylic acids is 2. The number of aliphatic hydroxyl groups is 1. The number of fused-ring (bicyclic) bond motifs is 4. The summed E-state index contributed by atoms with van der Waals surface area (Å²) in [5, 5.41) is 24.8. The highest BCUT2D eigenvalue weighted by atomic mass is 32.2. The van der Waals surface area contributed by atoms with E-state index >= 15 is 0 Å². The molecule has 0 spiro atoms. The van der Waals surface area contributed by atoms with Crippen LogP contribution in [0.4, 0.5) is 0 Å². The summed E-state index contributed by atoms with van der Waals surface area (Å²) in [6.07, 6.45) is 2.06. The molecule has 0 aliphatic carbocycles. The number of amides is 1. The number of nitrogens with zero attached hydrogens (tertiary/aromatic N) is 3. The summed E-state index contributed by atoms with van der Waals surface area (Å²) in [6.45, 7) is 4.68. The van der Waals surface area contributed by atoms with Crippen molar-refractivity contribution < 1.29 is 33.3 Å². The molecule has 0 saturated carbocycles. The van der Waals surface area contributed by atoms with Gasteiger partial charge in [-0.2, -0.15) is 0 Å². The van der Waals surface area contributed by atoms with Gasteiger partial charge in [-0.1, -0.05) is 72.8 Å². The van der Waals surface area contributed by atoms with E-state index < -0.39 is 22.8 Å². The lowest BCUT2D eigenvalue weighted by atomic mass is 9.72. The molecule has 314 valence electrons. The van der Waals surface area contributed by atoms with Crippen LogP contribution in [-0.4, -0.2) is 95.3 Å². The Kier molecular flexibility index (Phi) is 12.6. The number of benzene rings is 4. The summed E-state index contributed by atoms with van der Waals surface area (Å²) in [6, 6.07) is 30.3. The molecule has 1 amide bonds. The average Bonchev–Trinajstić information content (AvgIpc) is 3.27. The molecule has 4 saturated heterocycles. The standard InChI is InChI=1S/C46H51N5O8S/c52-39-16-14-37(38-15-17-42(54)48-43(38)39)40(53)27-47-26-31-6-8-32(9-7-31)28-51(60(57)58)29-33-10-12-35(13-11-33)44(55)50-24-20-46(21-25-50,36-4-2-1-3-5-36)45(56)59-41-30-49-22-18-34(41)19-23-49/h1-17,34,40-41,47,52-53H,18-30H2,(H,48,54)(H,57,58)/p-1/t40-,41-/m0/s1. The van der Waals surface area contributed by atoms with E-state index in [4.69, 9.17) is 4.74 Å². The van der Waals surface area contributed by atoms with Crippen molar-refractivity contribution in [3.63, 3.8) is 0 Å². The van der Waals surface area contributed by atoms with Crippen molar-refractivity contribution in [3.8, 4) is 5.75 Å². The van der Waals surface area contributed by atoms with Gasteiger partial charge in [-0.25, -0.2) is 4.31 Å². The summed E-state index contributed by atoms with van der Waals surface area (Å²) in [4.78, 5) is 46.3. The third kappa shape index (κ3) is 9.09. The number of nitrogens with one attached hydrogen (secondary N) is 2. The number of carbonyl (C=O) groups is 2. The van der Waals surface area contributed by atoms with Gasteiger partial charge in [0.2, 0.25) is 5.56 Å². The number of hydrogen-bond donors (Lipinski definition) is 4. The lowest BCUT2D eigenvalue weighted by Crippen LogP contribution is -2.55. The van der Waals surface area contributed by atoms with Gasteiger partial charge in [-0.3, -0.25) is 23.5 Å². The SMILES string of the molecule is O=C(c1ccc(CN(Cc2ccc(CNC[C@H](O)c3ccc(O)c4[nH]c(=O)ccc34)cc2)S(=O)[O-])cc1)N1CCC(C(=O)O[C@H]2CN3CCC2CC3)(c2ccccc2)CC1. The molecule has 5 aromatic rings. The van der Waals surface area contributed by atoms with Gasteiger partial charge in [0, 0.05) is 74.1 Å². The van der Waals surface area contributed by atoms with Crippen molar-refractivity contribution in [1.82, 2.24) is 24.4 Å². The minimum atomic E-state index is -2.51. The third-order valence-electron chi connectivity index (χ3n) is 12.6. The Balaban J connectivity index is 0.837. The van der Waals surface area contributed by atoms with Gasteiger partial charge < -0.3 is 34.7 Å². The van der Waals surface area contributed by atoms with Crippen molar-refractivity contribution in [2.45, 2.75) is 62.9 Å². The Morgan fingerprint density at radius 3 is 2.17 bits per heavy atom. The first kappa shape index (κ1) is 41.5. The molecular weight excluding hydrogens is 783 g/mol. The van der Waals surface area contributed by atoms with E-state index in [9.17, 15) is 33.4 Å². The van der Waals surface area contributed by atoms with Crippen molar-refractivity contribution >= 4 is 34.0 Å². The van der Waals surface area contributed by atoms with Crippen LogP contribution >= 0.6 is 0 Å². The first-order valence-corrected chi connectivity index (χ1v) is 21.6. The van der Waals surface area contributed by atoms with Crippen LogP contribution in [0.3, 0.4) is 0 Å². The Morgan fingerprint density at radius 2 is 1.53 bits per heavy atom. The second-order valence-electron chi connectivity index (χ2n) is 16.3. The van der Waals surface area contributed by atoms with E-state index in [2.05, 4.69) is 15.2 Å². The van der Waals surface area contributed by atoms with E-state index in [1.165, 1.54) is 16.4 Å². The Morgan fingerprint density at radius 1 is 0.883 bits per heavy atom. The molecule has 4 aliphatic heterocycles. The summed E-state index contributed by atoms with van der Waals surface area (Å²) < 4.78 is 32.2. The molecule has 4 aliphatic rings. The highest BCUT2D eigenvalue weighted by Gasteiger charge is 2.47. The zero-order valence-corrected chi connectivity index (χ0v) is 34.1. The largest absolute Gasteiger partial charge is 0.760 e. The van der Waals surface area contributed by atoms with E-state index in [1.807, 2.05) is 54.6 Å². The quantitative estimate of drug-likeness (QED) is 0.0909. The smallest absolute Gasteiger partial charge is 0.317 e. The maximum Gasteiger partial charge on any atom is 0.317 e. The number of hydrogen-bond acceptors (Lipinski definition) is 10. The first-order valence-electron chi connectivity index (χ1n) is 20.6.